The molecule has 1 aliphatic heterocycles. The van der Waals surface area contributed by atoms with Crippen LogP contribution in [0, 0.1) is 11.8 Å². The maximum absolute atomic E-state index is 4.16. The standard InChI is InChI=1S/C27H44N3P/c1-17(2)23-10-9-11-24(18(3)4)26(23)28-25-21-12-13-22(16-21)27(25)31-29(19(5)6)14-15-30(31)20(7)8/h9-11,17-22,28H,12-16H2,1-8H3. The van der Waals surface area contributed by atoms with Gasteiger partial charge in [0.25, 0.3) is 0 Å². The first-order valence-corrected chi connectivity index (χ1v) is 13.9. The van der Waals surface area contributed by atoms with Crippen molar-refractivity contribution in [3.05, 3.63) is 40.3 Å². The molecule has 3 nitrogen and oxygen atoms in total. The number of hydrogen-bond donors (Lipinski definition) is 1. The Bertz CT molecular complexity index is 784. The smallest absolute Gasteiger partial charge is 0.0708 e. The first-order chi connectivity index (χ1) is 14.7. The lowest BCUT2D eigenvalue weighted by Gasteiger charge is -2.39. The molecule has 1 heterocycles. The first kappa shape index (κ1) is 23.3. The third kappa shape index (κ3) is 4.23. The van der Waals surface area contributed by atoms with Gasteiger partial charge in [-0.25, -0.2) is 0 Å². The summed E-state index contributed by atoms with van der Waals surface area (Å²) in [5.74, 6) is 2.57. The molecular formula is C27H44N3P. The molecule has 1 aromatic rings. The fraction of sp³-hybridized carbons (Fsp3) is 0.704. The van der Waals surface area contributed by atoms with Crippen molar-refractivity contribution in [2.24, 2.45) is 11.8 Å². The van der Waals surface area contributed by atoms with Crippen LogP contribution in [0.25, 0.3) is 0 Å². The summed E-state index contributed by atoms with van der Waals surface area (Å²) in [7, 11) is -0.368. The van der Waals surface area contributed by atoms with E-state index in [0.29, 0.717) is 23.9 Å². The van der Waals surface area contributed by atoms with Crippen LogP contribution in [0.2, 0.25) is 0 Å². The predicted molar refractivity (Wildman–Crippen MR) is 137 cm³/mol. The Hall–Kier alpha value is -0.890. The van der Waals surface area contributed by atoms with Crippen molar-refractivity contribution in [1.82, 2.24) is 9.34 Å². The average molecular weight is 442 g/mol. The van der Waals surface area contributed by atoms with Gasteiger partial charge in [0, 0.05) is 47.8 Å². The normalized spacial score (nSPS) is 25.4. The van der Waals surface area contributed by atoms with Gasteiger partial charge < -0.3 is 5.32 Å². The van der Waals surface area contributed by atoms with Gasteiger partial charge in [-0.1, -0.05) is 45.9 Å². The molecule has 0 spiro atoms. The van der Waals surface area contributed by atoms with Gasteiger partial charge in [-0.05, 0) is 75.8 Å². The third-order valence-electron chi connectivity index (χ3n) is 7.59. The van der Waals surface area contributed by atoms with Crippen LogP contribution in [0.5, 0.6) is 0 Å². The van der Waals surface area contributed by atoms with Crippen LogP contribution in [0.3, 0.4) is 0 Å². The Morgan fingerprint density at radius 3 is 1.81 bits per heavy atom. The van der Waals surface area contributed by atoms with Crippen molar-refractivity contribution in [2.45, 2.75) is 98.6 Å². The molecule has 2 aliphatic carbocycles. The molecule has 1 aromatic carbocycles. The van der Waals surface area contributed by atoms with Crippen LogP contribution in [0.1, 0.15) is 97.6 Å². The molecule has 1 saturated heterocycles. The number of allylic oxidation sites excluding steroid dienone is 2. The lowest BCUT2D eigenvalue weighted by molar-refractivity contribution is 0.390. The molecule has 2 fully saturated rings. The van der Waals surface area contributed by atoms with Crippen molar-refractivity contribution in [3.63, 3.8) is 0 Å². The number of rotatable bonds is 7. The Kier molecular flexibility index (Phi) is 6.88. The molecule has 1 saturated carbocycles. The molecule has 2 atom stereocenters. The van der Waals surface area contributed by atoms with Crippen molar-refractivity contribution in [1.29, 1.82) is 0 Å². The highest BCUT2D eigenvalue weighted by Gasteiger charge is 2.48. The van der Waals surface area contributed by atoms with Gasteiger partial charge in [0.05, 0.1) is 8.22 Å². The lowest BCUT2D eigenvalue weighted by Crippen LogP contribution is -2.28. The second kappa shape index (κ2) is 9.16. The minimum absolute atomic E-state index is 0.368. The van der Waals surface area contributed by atoms with E-state index in [1.165, 1.54) is 49.2 Å². The number of anilines is 1. The van der Waals surface area contributed by atoms with Gasteiger partial charge >= 0.3 is 0 Å². The summed E-state index contributed by atoms with van der Waals surface area (Å²) in [4.78, 5) is 0. The largest absolute Gasteiger partial charge is 0.358 e. The molecule has 3 aliphatic rings. The number of fused-ring (bicyclic) bond motifs is 2. The van der Waals surface area contributed by atoms with E-state index in [1.807, 2.05) is 0 Å². The highest BCUT2D eigenvalue weighted by molar-refractivity contribution is 7.57. The number of nitrogens with zero attached hydrogens (tertiary/aromatic N) is 2. The van der Waals surface area contributed by atoms with Crippen molar-refractivity contribution >= 4 is 13.9 Å². The van der Waals surface area contributed by atoms with E-state index in [0.717, 1.165) is 11.8 Å². The highest BCUT2D eigenvalue weighted by atomic mass is 31.1. The molecule has 2 bridgehead atoms. The van der Waals surface area contributed by atoms with Crippen LogP contribution < -0.4 is 5.32 Å². The number of benzene rings is 1. The summed E-state index contributed by atoms with van der Waals surface area (Å²) in [5, 5.41) is 5.95. The molecular weight excluding hydrogens is 397 g/mol. The number of para-hydroxylation sites is 1. The first-order valence-electron chi connectivity index (χ1n) is 12.7. The fourth-order valence-electron chi connectivity index (χ4n) is 5.96. The van der Waals surface area contributed by atoms with E-state index in [1.54, 1.807) is 11.0 Å². The zero-order valence-electron chi connectivity index (χ0n) is 21.1. The molecule has 0 radical (unpaired) electrons. The van der Waals surface area contributed by atoms with Crippen LogP contribution in [-0.4, -0.2) is 34.5 Å². The van der Waals surface area contributed by atoms with Gasteiger partial charge in [0.2, 0.25) is 0 Å². The molecule has 172 valence electrons. The van der Waals surface area contributed by atoms with E-state index in [-0.39, 0.29) is 8.22 Å². The molecule has 31 heavy (non-hydrogen) atoms. The maximum Gasteiger partial charge on any atom is 0.0708 e. The van der Waals surface area contributed by atoms with E-state index in [4.69, 9.17) is 0 Å². The van der Waals surface area contributed by atoms with E-state index < -0.39 is 0 Å². The second-order valence-electron chi connectivity index (χ2n) is 11.1. The van der Waals surface area contributed by atoms with Gasteiger partial charge in [-0.2, -0.15) is 0 Å². The zero-order chi connectivity index (χ0) is 22.4. The highest BCUT2D eigenvalue weighted by Crippen LogP contribution is 2.67. The summed E-state index contributed by atoms with van der Waals surface area (Å²) in [6.07, 6.45) is 4.13. The van der Waals surface area contributed by atoms with Crippen LogP contribution in [0.15, 0.2) is 29.2 Å². The minimum Gasteiger partial charge on any atom is -0.358 e. The zero-order valence-corrected chi connectivity index (χ0v) is 22.0. The summed E-state index contributed by atoms with van der Waals surface area (Å²) in [6, 6.07) is 8.16. The Labute approximate surface area is 192 Å². The second-order valence-corrected chi connectivity index (χ2v) is 13.1. The summed E-state index contributed by atoms with van der Waals surface area (Å²) in [5.41, 5.74) is 5.97. The Balaban J connectivity index is 1.82. The fourth-order valence-corrected chi connectivity index (χ4v) is 9.26. The Morgan fingerprint density at radius 2 is 1.32 bits per heavy atom. The van der Waals surface area contributed by atoms with Gasteiger partial charge in [-0.3, -0.25) is 9.34 Å². The van der Waals surface area contributed by atoms with Gasteiger partial charge in [0.15, 0.2) is 0 Å². The van der Waals surface area contributed by atoms with Gasteiger partial charge in [0.1, 0.15) is 0 Å². The topological polar surface area (TPSA) is 18.5 Å². The SMILES string of the molecule is CC(C)c1cccc(C(C)C)c1NC1=C(P2N(C(C)C)CCN2C(C)C)C2CCC1C2. The van der Waals surface area contributed by atoms with Crippen molar-refractivity contribution in [2.75, 3.05) is 18.4 Å². The molecule has 0 amide bonds. The molecule has 4 rings (SSSR count). The van der Waals surface area contributed by atoms with E-state index in [9.17, 15) is 0 Å². The lowest BCUT2D eigenvalue weighted by atomic mass is 9.92. The van der Waals surface area contributed by atoms with Gasteiger partial charge in [-0.15, -0.1) is 0 Å². The van der Waals surface area contributed by atoms with Crippen LogP contribution in [-0.2, 0) is 0 Å². The van der Waals surface area contributed by atoms with Crippen LogP contribution in [0.4, 0.5) is 5.69 Å². The maximum atomic E-state index is 4.16. The van der Waals surface area contributed by atoms with E-state index in [2.05, 4.69) is 88.2 Å². The number of nitrogens with one attached hydrogen (secondary N) is 1. The molecule has 2 unspecified atom stereocenters. The number of hydrogen-bond acceptors (Lipinski definition) is 3. The molecule has 4 heteroatoms. The van der Waals surface area contributed by atoms with Crippen molar-refractivity contribution in [3.8, 4) is 0 Å². The average Bonchev–Trinajstić information content (AvgIpc) is 3.41. The summed E-state index contributed by atoms with van der Waals surface area (Å²) < 4.78 is 5.65. The molecule has 0 aromatic heterocycles. The van der Waals surface area contributed by atoms with Crippen LogP contribution >= 0.6 is 8.22 Å². The quantitative estimate of drug-likeness (QED) is 0.437. The summed E-state index contributed by atoms with van der Waals surface area (Å²) in [6.45, 7) is 21.4. The monoisotopic (exact) mass is 441 g/mol. The molecule has 1 N–H and O–H groups in total. The third-order valence-corrected chi connectivity index (χ3v) is 10.9. The predicted octanol–water partition coefficient (Wildman–Crippen LogP) is 7.73. The Morgan fingerprint density at radius 1 is 0.806 bits per heavy atom. The van der Waals surface area contributed by atoms with Crippen molar-refractivity contribution < 1.29 is 0 Å². The minimum atomic E-state index is -0.368. The van der Waals surface area contributed by atoms with E-state index >= 15 is 0 Å². The summed E-state index contributed by atoms with van der Waals surface area (Å²) >= 11 is 0.